The molecule has 0 saturated carbocycles. The first-order valence-electron chi connectivity index (χ1n) is 19.9. The predicted octanol–water partition coefficient (Wildman–Crippen LogP) is 5.86. The van der Waals surface area contributed by atoms with Crippen molar-refractivity contribution in [3.8, 4) is 0 Å². The van der Waals surface area contributed by atoms with Crippen molar-refractivity contribution in [1.82, 2.24) is 30.7 Å². The number of hydrogen-bond acceptors (Lipinski definition) is 7. The summed E-state index contributed by atoms with van der Waals surface area (Å²) in [6.07, 6.45) is 1.38. The number of hydrogen-bond donors (Lipinski definition) is 4. The second-order valence-corrected chi connectivity index (χ2v) is 16.2. The number of aliphatic hydroxyl groups is 1. The molecule has 6 atom stereocenters. The molecule has 0 aliphatic carbocycles. The highest BCUT2D eigenvalue weighted by molar-refractivity contribution is 5.89. The number of pyridine rings is 1. The van der Waals surface area contributed by atoms with Crippen LogP contribution in [0.3, 0.4) is 0 Å². The highest BCUT2D eigenvalue weighted by atomic mass is 16.5. The summed E-state index contributed by atoms with van der Waals surface area (Å²) >= 11 is 0. The first-order valence-corrected chi connectivity index (χ1v) is 19.9. The molecule has 5 rings (SSSR count). The lowest BCUT2D eigenvalue weighted by Crippen LogP contribution is -2.58. The number of carbonyl (C=O) groups excluding carboxylic acids is 4. The second kappa shape index (κ2) is 19.6. The van der Waals surface area contributed by atoms with E-state index in [9.17, 15) is 24.3 Å². The summed E-state index contributed by atoms with van der Waals surface area (Å²) < 4.78 is 4.81. The van der Waals surface area contributed by atoms with Gasteiger partial charge in [-0.15, -0.1) is 0 Å². The molecule has 0 spiro atoms. The Balaban J connectivity index is 1.38. The molecule has 4 N–H and O–H groups in total. The maximum atomic E-state index is 14.5. The number of ether oxygens (including phenoxy) is 1. The number of methoxy groups -OCH3 is 1. The Hall–Kier alpha value is -5.49. The Morgan fingerprint density at radius 2 is 1.47 bits per heavy atom. The third-order valence-electron chi connectivity index (χ3n) is 10.9. The lowest BCUT2D eigenvalue weighted by atomic mass is 9.85. The molecule has 57 heavy (non-hydrogen) atoms. The summed E-state index contributed by atoms with van der Waals surface area (Å²) in [6, 6.07) is 25.8. The van der Waals surface area contributed by atoms with Gasteiger partial charge in [-0.2, -0.15) is 0 Å². The van der Waals surface area contributed by atoms with Crippen LogP contribution in [0.4, 0.5) is 9.59 Å². The van der Waals surface area contributed by atoms with E-state index in [0.29, 0.717) is 38.9 Å². The Bertz CT molecular complexity index is 1950. The van der Waals surface area contributed by atoms with Gasteiger partial charge in [0, 0.05) is 37.3 Å². The van der Waals surface area contributed by atoms with Gasteiger partial charge in [-0.3, -0.25) is 14.6 Å². The van der Waals surface area contributed by atoms with Gasteiger partial charge < -0.3 is 35.6 Å². The van der Waals surface area contributed by atoms with Crippen LogP contribution in [0.5, 0.6) is 0 Å². The van der Waals surface area contributed by atoms with Crippen LogP contribution in [0.15, 0.2) is 97.2 Å². The van der Waals surface area contributed by atoms with Crippen molar-refractivity contribution >= 4 is 34.8 Å². The van der Waals surface area contributed by atoms with E-state index < -0.39 is 47.7 Å². The van der Waals surface area contributed by atoms with Crippen molar-refractivity contribution in [1.29, 1.82) is 0 Å². The summed E-state index contributed by atoms with van der Waals surface area (Å²) in [7, 11) is 1.24. The van der Waals surface area contributed by atoms with E-state index in [1.807, 2.05) is 126 Å². The molecule has 1 aliphatic rings. The van der Waals surface area contributed by atoms with Crippen LogP contribution in [-0.2, 0) is 33.7 Å². The fourth-order valence-corrected chi connectivity index (χ4v) is 7.54. The number of rotatable bonds is 17. The van der Waals surface area contributed by atoms with E-state index in [-0.39, 0.29) is 24.3 Å². The van der Waals surface area contributed by atoms with Crippen molar-refractivity contribution in [3.63, 3.8) is 0 Å². The summed E-state index contributed by atoms with van der Waals surface area (Å²) in [5.41, 5.74) is 3.04. The molecule has 3 aromatic carbocycles. The Kier molecular flexibility index (Phi) is 14.7. The highest BCUT2D eigenvalue weighted by Crippen LogP contribution is 2.26. The van der Waals surface area contributed by atoms with E-state index in [2.05, 4.69) is 20.9 Å². The molecule has 1 fully saturated rings. The first-order chi connectivity index (χ1) is 27.3. The number of nitrogens with one attached hydrogen (secondary N) is 3. The van der Waals surface area contributed by atoms with E-state index in [1.165, 1.54) is 7.11 Å². The van der Waals surface area contributed by atoms with Crippen LogP contribution in [0.25, 0.3) is 10.9 Å². The number of benzene rings is 3. The number of amides is 5. The normalized spacial score (nSPS) is 16.3. The largest absolute Gasteiger partial charge is 0.453 e. The number of urea groups is 1. The van der Waals surface area contributed by atoms with Gasteiger partial charge in [0.15, 0.2) is 0 Å². The molecule has 304 valence electrons. The minimum Gasteiger partial charge on any atom is -0.453 e. The summed E-state index contributed by atoms with van der Waals surface area (Å²) in [5.74, 6) is -0.932. The van der Waals surface area contributed by atoms with E-state index in [4.69, 9.17) is 4.74 Å². The van der Waals surface area contributed by atoms with Crippen LogP contribution in [0.1, 0.15) is 64.2 Å². The smallest absolute Gasteiger partial charge is 0.407 e. The Morgan fingerprint density at radius 1 is 0.842 bits per heavy atom. The Morgan fingerprint density at radius 3 is 2.11 bits per heavy atom. The number of carbonyl (C=O) groups is 4. The molecule has 4 aromatic rings. The van der Waals surface area contributed by atoms with Gasteiger partial charge in [0.25, 0.3) is 0 Å². The average Bonchev–Trinajstić information content (AvgIpc) is 3.55. The molecular formula is C45H58N6O6. The maximum absolute atomic E-state index is 14.5. The average molecular weight is 779 g/mol. The monoisotopic (exact) mass is 778 g/mol. The van der Waals surface area contributed by atoms with Gasteiger partial charge in [-0.25, -0.2) is 9.59 Å². The summed E-state index contributed by atoms with van der Waals surface area (Å²) in [5, 5.41) is 22.0. The SMILES string of the molecule is CCC(C)[C@@H](C(=O)N[C@@H](Cc1ccccc1)[C@@H](O)C[C@H](Cc1ccccc1)NC(=O)[C@@H](NC(=O)OC)C(C)(C)C)N1CCN(Cc2ccnc3ccccc23)C1=O. The minimum atomic E-state index is -1.10. The van der Waals surface area contributed by atoms with Crippen molar-refractivity contribution < 1.29 is 29.0 Å². The lowest BCUT2D eigenvalue weighted by molar-refractivity contribution is -0.129. The van der Waals surface area contributed by atoms with Gasteiger partial charge in [0.1, 0.15) is 12.1 Å². The fraction of sp³-hybridized carbons (Fsp3) is 0.444. The third-order valence-corrected chi connectivity index (χ3v) is 10.9. The number of para-hydroxylation sites is 1. The van der Waals surface area contributed by atoms with E-state index in [1.54, 1.807) is 16.0 Å². The molecule has 12 nitrogen and oxygen atoms in total. The van der Waals surface area contributed by atoms with Crippen molar-refractivity contribution in [3.05, 3.63) is 114 Å². The summed E-state index contributed by atoms with van der Waals surface area (Å²) in [6.45, 7) is 10.7. The van der Waals surface area contributed by atoms with Gasteiger partial charge in [0.05, 0.1) is 24.8 Å². The van der Waals surface area contributed by atoms with Crippen LogP contribution in [0.2, 0.25) is 0 Å². The quantitative estimate of drug-likeness (QED) is 0.105. The number of fused-ring (bicyclic) bond motifs is 1. The van der Waals surface area contributed by atoms with Crippen molar-refractivity contribution in [2.45, 2.75) is 97.1 Å². The van der Waals surface area contributed by atoms with E-state index >= 15 is 0 Å². The molecule has 2 heterocycles. The maximum Gasteiger partial charge on any atom is 0.407 e. The molecule has 1 aromatic heterocycles. The van der Waals surface area contributed by atoms with Crippen LogP contribution >= 0.6 is 0 Å². The molecule has 5 amide bonds. The number of aliphatic hydroxyl groups excluding tert-OH is 1. The topological polar surface area (TPSA) is 153 Å². The number of nitrogens with zero attached hydrogens (tertiary/aromatic N) is 3. The van der Waals surface area contributed by atoms with Gasteiger partial charge >= 0.3 is 12.1 Å². The van der Waals surface area contributed by atoms with Gasteiger partial charge in [-0.1, -0.05) is 120 Å². The highest BCUT2D eigenvalue weighted by Gasteiger charge is 2.41. The Labute approximate surface area is 336 Å². The standard InChI is InChI=1S/C45H58N6O6/c1-7-30(2)39(51-25-24-50(44(51)56)29-33-22-23-46-36-21-15-14-20-35(33)36)41(53)48-37(27-32-18-12-9-13-19-32)38(52)28-34(26-31-16-10-8-11-17-31)47-42(54)40(45(3,4)5)49-43(55)57-6/h8-23,30,34,37-40,52H,7,24-29H2,1-6H3,(H,47,54)(H,48,53)(H,49,55)/t30?,34-,37-,38-,39-,40+/m0/s1. The van der Waals surface area contributed by atoms with Gasteiger partial charge in [-0.05, 0) is 59.4 Å². The molecule has 12 heteroatoms. The number of alkyl carbamates (subject to hydrolysis) is 1. The molecule has 0 bridgehead atoms. The van der Waals surface area contributed by atoms with E-state index in [0.717, 1.165) is 27.6 Å². The lowest BCUT2D eigenvalue weighted by Gasteiger charge is -2.35. The van der Waals surface area contributed by atoms with Gasteiger partial charge in [0.2, 0.25) is 11.8 Å². The fourth-order valence-electron chi connectivity index (χ4n) is 7.54. The molecule has 1 aliphatic heterocycles. The van der Waals surface area contributed by atoms with Crippen LogP contribution < -0.4 is 16.0 Å². The minimum absolute atomic E-state index is 0.0951. The van der Waals surface area contributed by atoms with Crippen molar-refractivity contribution in [2.75, 3.05) is 20.2 Å². The molecular weight excluding hydrogens is 721 g/mol. The zero-order valence-electron chi connectivity index (χ0n) is 34.0. The first kappa shape index (κ1) is 42.6. The van der Waals surface area contributed by atoms with Crippen molar-refractivity contribution in [2.24, 2.45) is 11.3 Å². The zero-order chi connectivity index (χ0) is 41.1. The molecule has 1 saturated heterocycles. The predicted molar refractivity (Wildman–Crippen MR) is 221 cm³/mol. The molecule has 1 unspecified atom stereocenters. The zero-order valence-corrected chi connectivity index (χ0v) is 34.0. The second-order valence-electron chi connectivity index (χ2n) is 16.2. The third kappa shape index (κ3) is 11.3. The molecule has 0 radical (unpaired) electrons. The number of aromatic nitrogens is 1. The van der Waals surface area contributed by atoms with Crippen LogP contribution in [0, 0.1) is 11.3 Å². The van der Waals surface area contributed by atoms with Crippen LogP contribution in [-0.4, -0.2) is 94.3 Å². The summed E-state index contributed by atoms with van der Waals surface area (Å²) in [4.78, 5) is 62.7.